The van der Waals surface area contributed by atoms with Crippen LogP contribution in [-0.4, -0.2) is 18.5 Å². The summed E-state index contributed by atoms with van der Waals surface area (Å²) in [4.78, 5) is 22.5. The highest BCUT2D eigenvalue weighted by Crippen LogP contribution is 2.18. The van der Waals surface area contributed by atoms with Crippen molar-refractivity contribution < 1.29 is 14.3 Å². The second kappa shape index (κ2) is 6.00. The molecule has 0 bridgehead atoms. The van der Waals surface area contributed by atoms with Crippen LogP contribution in [0.15, 0.2) is 42.5 Å². The summed E-state index contributed by atoms with van der Waals surface area (Å²) in [5, 5.41) is 4.85. The highest BCUT2D eigenvalue weighted by Gasteiger charge is 2.06. The van der Waals surface area contributed by atoms with Crippen molar-refractivity contribution in [3.8, 4) is 0 Å². The Balaban J connectivity index is 2.01. The average molecular weight is 257 g/mol. The molecule has 0 radical (unpaired) electrons. The van der Waals surface area contributed by atoms with Crippen LogP contribution in [0.25, 0.3) is 10.8 Å². The van der Waals surface area contributed by atoms with Gasteiger partial charge in [0.25, 0.3) is 5.91 Å². The molecule has 2 aromatic rings. The summed E-state index contributed by atoms with van der Waals surface area (Å²) in [6.45, 7) is 1.43. The van der Waals surface area contributed by atoms with Gasteiger partial charge in [-0.15, -0.1) is 0 Å². The number of rotatable bonds is 4. The van der Waals surface area contributed by atoms with E-state index in [1.54, 1.807) is 6.92 Å². The quantitative estimate of drug-likeness (QED) is 0.857. The second-order valence-corrected chi connectivity index (χ2v) is 4.12. The average Bonchev–Trinajstić information content (AvgIpc) is 2.44. The second-order valence-electron chi connectivity index (χ2n) is 4.12. The first kappa shape index (κ1) is 13.1. The summed E-state index contributed by atoms with van der Waals surface area (Å²) in [7, 11) is 0. The largest absolute Gasteiger partial charge is 0.456 e. The van der Waals surface area contributed by atoms with Gasteiger partial charge in [0.05, 0.1) is 0 Å². The molecule has 0 atom stereocenters. The summed E-state index contributed by atoms with van der Waals surface area (Å²) in [6, 6.07) is 13.5. The number of nitrogens with one attached hydrogen (secondary N) is 1. The van der Waals surface area contributed by atoms with E-state index in [4.69, 9.17) is 4.74 Å². The van der Waals surface area contributed by atoms with Crippen molar-refractivity contribution in [2.24, 2.45) is 0 Å². The third kappa shape index (κ3) is 3.55. The number of hydrogen-bond donors (Lipinski definition) is 1. The lowest BCUT2D eigenvalue weighted by Crippen LogP contribution is -2.20. The van der Waals surface area contributed by atoms with Gasteiger partial charge in [-0.2, -0.15) is 0 Å². The molecule has 0 unspecified atom stereocenters. The predicted octanol–water partition coefficient (Wildman–Crippen LogP) is 2.73. The zero-order valence-electron chi connectivity index (χ0n) is 10.7. The Morgan fingerprint density at radius 1 is 1.11 bits per heavy atom. The maximum atomic E-state index is 11.6. The van der Waals surface area contributed by atoms with E-state index in [0.29, 0.717) is 5.69 Å². The van der Waals surface area contributed by atoms with E-state index in [1.165, 1.54) is 0 Å². The number of fused-ring (bicyclic) bond motifs is 1. The molecule has 4 heteroatoms. The molecule has 98 valence electrons. The van der Waals surface area contributed by atoms with Gasteiger partial charge in [0, 0.05) is 12.1 Å². The predicted molar refractivity (Wildman–Crippen MR) is 73.8 cm³/mol. The first-order valence-electron chi connectivity index (χ1n) is 6.13. The molecule has 0 aromatic heterocycles. The zero-order chi connectivity index (χ0) is 13.7. The highest BCUT2D eigenvalue weighted by atomic mass is 16.5. The Kier molecular flexibility index (Phi) is 4.13. The molecule has 0 saturated heterocycles. The van der Waals surface area contributed by atoms with Crippen molar-refractivity contribution in [3.05, 3.63) is 42.5 Å². The third-order valence-electron chi connectivity index (χ3n) is 2.69. The minimum atomic E-state index is -0.381. The summed E-state index contributed by atoms with van der Waals surface area (Å²) >= 11 is 0. The zero-order valence-corrected chi connectivity index (χ0v) is 10.7. The fourth-order valence-corrected chi connectivity index (χ4v) is 1.71. The van der Waals surface area contributed by atoms with Gasteiger partial charge in [0.1, 0.15) is 0 Å². The minimum absolute atomic E-state index is 0.250. The van der Waals surface area contributed by atoms with Crippen LogP contribution in [0, 0.1) is 0 Å². The first-order chi connectivity index (χ1) is 9.19. The molecule has 1 N–H and O–H groups in total. The smallest absolute Gasteiger partial charge is 0.306 e. The number of benzene rings is 2. The molecule has 0 aliphatic heterocycles. The van der Waals surface area contributed by atoms with Crippen molar-refractivity contribution in [3.63, 3.8) is 0 Å². The van der Waals surface area contributed by atoms with E-state index in [2.05, 4.69) is 5.32 Å². The summed E-state index contributed by atoms with van der Waals surface area (Å²) in [5.74, 6) is -0.717. The van der Waals surface area contributed by atoms with Crippen LogP contribution in [0.1, 0.15) is 13.3 Å². The molecular formula is C15H15NO3. The number of hydrogen-bond acceptors (Lipinski definition) is 3. The first-order valence-corrected chi connectivity index (χ1v) is 6.13. The van der Waals surface area contributed by atoms with Crippen LogP contribution in [0.3, 0.4) is 0 Å². The van der Waals surface area contributed by atoms with Gasteiger partial charge in [-0.3, -0.25) is 9.59 Å². The lowest BCUT2D eigenvalue weighted by atomic mass is 10.1. The van der Waals surface area contributed by atoms with Gasteiger partial charge >= 0.3 is 5.97 Å². The van der Waals surface area contributed by atoms with E-state index in [9.17, 15) is 9.59 Å². The number of carbonyl (C=O) groups is 2. The monoisotopic (exact) mass is 257 g/mol. The Bertz CT molecular complexity index is 607. The maximum Gasteiger partial charge on any atom is 0.306 e. The van der Waals surface area contributed by atoms with E-state index in [-0.39, 0.29) is 24.9 Å². The highest BCUT2D eigenvalue weighted by molar-refractivity contribution is 5.95. The Morgan fingerprint density at radius 2 is 1.84 bits per heavy atom. The molecule has 1 amide bonds. The summed E-state index contributed by atoms with van der Waals surface area (Å²) in [6.07, 6.45) is 0.267. The van der Waals surface area contributed by atoms with E-state index in [0.717, 1.165) is 10.8 Å². The Morgan fingerprint density at radius 3 is 2.58 bits per heavy atom. The topological polar surface area (TPSA) is 55.4 Å². The minimum Gasteiger partial charge on any atom is -0.456 e. The van der Waals surface area contributed by atoms with Crippen LogP contribution in [0.4, 0.5) is 5.69 Å². The molecular weight excluding hydrogens is 242 g/mol. The van der Waals surface area contributed by atoms with Gasteiger partial charge in [-0.25, -0.2) is 0 Å². The lowest BCUT2D eigenvalue weighted by Gasteiger charge is -2.07. The van der Waals surface area contributed by atoms with Gasteiger partial charge in [0.15, 0.2) is 6.61 Å². The van der Waals surface area contributed by atoms with Crippen molar-refractivity contribution in [1.82, 2.24) is 0 Å². The summed E-state index contributed by atoms with van der Waals surface area (Å²) in [5.41, 5.74) is 0.691. The van der Waals surface area contributed by atoms with Gasteiger partial charge in [-0.1, -0.05) is 37.3 Å². The van der Waals surface area contributed by atoms with Gasteiger partial charge in [0.2, 0.25) is 0 Å². The van der Waals surface area contributed by atoms with E-state index in [1.807, 2.05) is 42.5 Å². The fourth-order valence-electron chi connectivity index (χ4n) is 1.71. The van der Waals surface area contributed by atoms with Crippen LogP contribution in [-0.2, 0) is 14.3 Å². The number of carbonyl (C=O) groups excluding carboxylic acids is 2. The molecule has 19 heavy (non-hydrogen) atoms. The van der Waals surface area contributed by atoms with Gasteiger partial charge < -0.3 is 10.1 Å². The SMILES string of the molecule is CCC(=O)OCC(=O)Nc1ccc2ccccc2c1. The number of ether oxygens (including phenoxy) is 1. The van der Waals surface area contributed by atoms with E-state index >= 15 is 0 Å². The molecule has 0 spiro atoms. The molecule has 0 fully saturated rings. The molecule has 2 aromatic carbocycles. The lowest BCUT2D eigenvalue weighted by molar-refractivity contribution is -0.146. The van der Waals surface area contributed by atoms with Crippen molar-refractivity contribution >= 4 is 28.3 Å². The standard InChI is InChI=1S/C15H15NO3/c1-2-15(18)19-10-14(17)16-13-8-7-11-5-3-4-6-12(11)9-13/h3-9H,2,10H2,1H3,(H,16,17). The van der Waals surface area contributed by atoms with Crippen LogP contribution < -0.4 is 5.32 Å². The summed E-state index contributed by atoms with van der Waals surface area (Å²) < 4.78 is 4.76. The number of anilines is 1. The fraction of sp³-hybridized carbons (Fsp3) is 0.200. The van der Waals surface area contributed by atoms with E-state index < -0.39 is 0 Å². The number of esters is 1. The molecule has 4 nitrogen and oxygen atoms in total. The van der Waals surface area contributed by atoms with Crippen molar-refractivity contribution in [2.45, 2.75) is 13.3 Å². The molecule has 0 aliphatic rings. The van der Waals surface area contributed by atoms with Crippen molar-refractivity contribution in [2.75, 3.05) is 11.9 Å². The Labute approximate surface area is 111 Å². The maximum absolute atomic E-state index is 11.6. The molecule has 2 rings (SSSR count). The van der Waals surface area contributed by atoms with Crippen molar-refractivity contribution in [1.29, 1.82) is 0 Å². The normalized spacial score (nSPS) is 10.2. The van der Waals surface area contributed by atoms with Gasteiger partial charge in [-0.05, 0) is 22.9 Å². The van der Waals surface area contributed by atoms with Crippen LogP contribution >= 0.6 is 0 Å². The molecule has 0 saturated carbocycles. The van der Waals surface area contributed by atoms with Crippen LogP contribution in [0.5, 0.6) is 0 Å². The van der Waals surface area contributed by atoms with Crippen LogP contribution in [0.2, 0.25) is 0 Å². The molecule has 0 heterocycles. The molecule has 0 aliphatic carbocycles. The number of amides is 1. The Hall–Kier alpha value is -2.36. The third-order valence-corrected chi connectivity index (χ3v) is 2.69.